The zero-order valence-corrected chi connectivity index (χ0v) is 15.0. The van der Waals surface area contributed by atoms with Crippen LogP contribution in [0, 0.1) is 0 Å². The molecular formula is C19H22N4O3. The quantitative estimate of drug-likeness (QED) is 0.886. The first kappa shape index (κ1) is 16.6. The summed E-state index contributed by atoms with van der Waals surface area (Å²) in [6.07, 6.45) is 3.97. The monoisotopic (exact) mass is 354 g/mol. The first-order valence-electron chi connectivity index (χ1n) is 8.91. The van der Waals surface area contributed by atoms with Crippen LogP contribution in [0.4, 0.5) is 5.69 Å². The highest BCUT2D eigenvalue weighted by atomic mass is 16.5. The number of ether oxygens (including phenoxy) is 1. The second-order valence-corrected chi connectivity index (χ2v) is 6.81. The first-order valence-corrected chi connectivity index (χ1v) is 8.91. The standard InChI is InChI=1S/C19H22N4O3/c1-22-15-9-5-6-10-16(15)26-11-13(19(22)25)20-18(24)17-12-7-3-4-8-14(12)23(2)21-17/h5-6,9-10,13H,3-4,7-8,11H2,1-2H3,(H,20,24)/t13-/m0/s1. The Labute approximate surface area is 151 Å². The fraction of sp³-hybridized carbons (Fsp3) is 0.421. The maximum atomic E-state index is 12.8. The van der Waals surface area contributed by atoms with E-state index in [0.29, 0.717) is 17.1 Å². The molecule has 2 aromatic rings. The molecule has 1 aliphatic heterocycles. The van der Waals surface area contributed by atoms with E-state index in [9.17, 15) is 9.59 Å². The van der Waals surface area contributed by atoms with Gasteiger partial charge < -0.3 is 15.0 Å². The van der Waals surface area contributed by atoms with Crippen LogP contribution in [0.2, 0.25) is 0 Å². The summed E-state index contributed by atoms with van der Waals surface area (Å²) in [6, 6.07) is 6.60. The lowest BCUT2D eigenvalue weighted by Crippen LogP contribution is -2.49. The van der Waals surface area contributed by atoms with Gasteiger partial charge in [-0.1, -0.05) is 12.1 Å². The number of nitrogens with one attached hydrogen (secondary N) is 1. The smallest absolute Gasteiger partial charge is 0.272 e. The van der Waals surface area contributed by atoms with Gasteiger partial charge in [-0.2, -0.15) is 5.10 Å². The number of amides is 2. The molecule has 0 fully saturated rings. The van der Waals surface area contributed by atoms with E-state index in [1.807, 2.05) is 31.3 Å². The van der Waals surface area contributed by atoms with Gasteiger partial charge in [-0.15, -0.1) is 0 Å². The number of carbonyl (C=O) groups is 2. The number of para-hydroxylation sites is 2. The minimum Gasteiger partial charge on any atom is -0.489 e. The number of likely N-dealkylation sites (N-methyl/N-ethyl adjacent to an activating group) is 1. The number of nitrogens with zero attached hydrogens (tertiary/aromatic N) is 3. The topological polar surface area (TPSA) is 76.5 Å². The van der Waals surface area contributed by atoms with Crippen LogP contribution in [-0.4, -0.2) is 41.3 Å². The zero-order chi connectivity index (χ0) is 18.3. The van der Waals surface area contributed by atoms with E-state index in [4.69, 9.17) is 4.74 Å². The van der Waals surface area contributed by atoms with E-state index >= 15 is 0 Å². The number of carbonyl (C=O) groups excluding carboxylic acids is 2. The van der Waals surface area contributed by atoms with Gasteiger partial charge in [0.05, 0.1) is 5.69 Å². The fourth-order valence-electron chi connectivity index (χ4n) is 3.74. The summed E-state index contributed by atoms with van der Waals surface area (Å²) < 4.78 is 7.54. The number of hydrogen-bond donors (Lipinski definition) is 1. The van der Waals surface area contributed by atoms with Crippen LogP contribution in [0.1, 0.15) is 34.6 Å². The van der Waals surface area contributed by atoms with Crippen LogP contribution >= 0.6 is 0 Å². The molecule has 0 spiro atoms. The number of hydrogen-bond acceptors (Lipinski definition) is 4. The van der Waals surface area contributed by atoms with Crippen molar-refractivity contribution in [2.75, 3.05) is 18.6 Å². The van der Waals surface area contributed by atoms with Gasteiger partial charge in [-0.05, 0) is 37.8 Å². The molecule has 136 valence electrons. The third kappa shape index (κ3) is 2.73. The molecule has 2 amide bonds. The Morgan fingerprint density at radius 1 is 1.23 bits per heavy atom. The first-order chi connectivity index (χ1) is 12.6. The predicted octanol–water partition coefficient (Wildman–Crippen LogP) is 1.45. The molecule has 4 rings (SSSR count). The number of aryl methyl sites for hydroxylation is 1. The highest BCUT2D eigenvalue weighted by molar-refractivity contribution is 6.03. The van der Waals surface area contributed by atoms with Crippen molar-refractivity contribution >= 4 is 17.5 Å². The van der Waals surface area contributed by atoms with E-state index in [2.05, 4.69) is 10.4 Å². The number of rotatable bonds is 2. The van der Waals surface area contributed by atoms with Crippen molar-refractivity contribution in [2.45, 2.75) is 31.7 Å². The molecule has 1 aliphatic carbocycles. The fourth-order valence-corrected chi connectivity index (χ4v) is 3.74. The summed E-state index contributed by atoms with van der Waals surface area (Å²) in [7, 11) is 3.56. The molecule has 0 saturated heterocycles. The summed E-state index contributed by atoms with van der Waals surface area (Å²) in [5.74, 6) is 0.119. The van der Waals surface area contributed by atoms with Crippen LogP contribution < -0.4 is 15.0 Å². The Morgan fingerprint density at radius 2 is 2.00 bits per heavy atom. The van der Waals surface area contributed by atoms with Gasteiger partial charge in [-0.25, -0.2) is 0 Å². The Kier molecular flexibility index (Phi) is 4.14. The van der Waals surface area contributed by atoms with Gasteiger partial charge in [0.15, 0.2) is 5.69 Å². The summed E-state index contributed by atoms with van der Waals surface area (Å²) in [6.45, 7) is 0.0982. The Balaban J connectivity index is 1.56. The molecule has 1 N–H and O–H groups in total. The average Bonchev–Trinajstić information content (AvgIpc) is 2.95. The second-order valence-electron chi connectivity index (χ2n) is 6.81. The van der Waals surface area contributed by atoms with Crippen molar-refractivity contribution in [1.82, 2.24) is 15.1 Å². The van der Waals surface area contributed by atoms with Crippen molar-refractivity contribution in [3.05, 3.63) is 41.2 Å². The summed E-state index contributed by atoms with van der Waals surface area (Å²) in [5, 5.41) is 7.23. The molecule has 1 aromatic carbocycles. The van der Waals surface area contributed by atoms with Gasteiger partial charge in [0.1, 0.15) is 18.4 Å². The molecule has 0 saturated carbocycles. The lowest BCUT2D eigenvalue weighted by molar-refractivity contribution is -0.120. The summed E-state index contributed by atoms with van der Waals surface area (Å²) in [5.41, 5.74) is 3.26. The molecule has 7 heteroatoms. The average molecular weight is 354 g/mol. The van der Waals surface area contributed by atoms with Gasteiger partial charge in [-0.3, -0.25) is 14.3 Å². The van der Waals surface area contributed by atoms with E-state index in [-0.39, 0.29) is 18.4 Å². The van der Waals surface area contributed by atoms with Crippen LogP contribution in [0.3, 0.4) is 0 Å². The van der Waals surface area contributed by atoms with E-state index in [1.165, 1.54) is 4.90 Å². The predicted molar refractivity (Wildman–Crippen MR) is 96.5 cm³/mol. The van der Waals surface area contributed by atoms with E-state index in [0.717, 1.165) is 36.9 Å². The van der Waals surface area contributed by atoms with E-state index in [1.54, 1.807) is 11.7 Å². The van der Waals surface area contributed by atoms with Crippen LogP contribution in [0.25, 0.3) is 0 Å². The minimum absolute atomic E-state index is 0.0982. The van der Waals surface area contributed by atoms with Crippen molar-refractivity contribution in [2.24, 2.45) is 7.05 Å². The second kappa shape index (κ2) is 6.48. The molecule has 2 heterocycles. The zero-order valence-electron chi connectivity index (χ0n) is 15.0. The van der Waals surface area contributed by atoms with Gasteiger partial charge in [0.2, 0.25) is 0 Å². The van der Waals surface area contributed by atoms with Crippen molar-refractivity contribution < 1.29 is 14.3 Å². The Morgan fingerprint density at radius 3 is 2.85 bits per heavy atom. The molecule has 0 radical (unpaired) electrons. The molecule has 26 heavy (non-hydrogen) atoms. The molecule has 0 bridgehead atoms. The number of anilines is 1. The normalized spacial score (nSPS) is 19.2. The largest absolute Gasteiger partial charge is 0.489 e. The van der Waals surface area contributed by atoms with E-state index < -0.39 is 6.04 Å². The molecule has 7 nitrogen and oxygen atoms in total. The van der Waals surface area contributed by atoms with Gasteiger partial charge in [0, 0.05) is 25.4 Å². The molecule has 2 aliphatic rings. The third-order valence-corrected chi connectivity index (χ3v) is 5.15. The van der Waals surface area contributed by atoms with Gasteiger partial charge >= 0.3 is 0 Å². The van der Waals surface area contributed by atoms with Crippen LogP contribution in [0.5, 0.6) is 5.75 Å². The van der Waals surface area contributed by atoms with Crippen molar-refractivity contribution in [1.29, 1.82) is 0 Å². The van der Waals surface area contributed by atoms with Gasteiger partial charge in [0.25, 0.3) is 11.8 Å². The summed E-state index contributed by atoms with van der Waals surface area (Å²) >= 11 is 0. The molecule has 1 aromatic heterocycles. The maximum absolute atomic E-state index is 12.8. The number of aromatic nitrogens is 2. The third-order valence-electron chi connectivity index (χ3n) is 5.15. The molecule has 1 atom stereocenters. The minimum atomic E-state index is -0.749. The Bertz CT molecular complexity index is 874. The lowest BCUT2D eigenvalue weighted by atomic mass is 9.95. The number of fused-ring (bicyclic) bond motifs is 2. The van der Waals surface area contributed by atoms with Crippen LogP contribution in [0.15, 0.2) is 24.3 Å². The SMILES string of the molecule is CN1C(=O)[C@@H](NC(=O)c2nn(C)c3c2CCCC3)COc2ccccc21. The maximum Gasteiger partial charge on any atom is 0.272 e. The Hall–Kier alpha value is -2.83. The number of benzene rings is 1. The lowest BCUT2D eigenvalue weighted by Gasteiger charge is -2.20. The highest BCUT2D eigenvalue weighted by Crippen LogP contribution is 2.30. The summed E-state index contributed by atoms with van der Waals surface area (Å²) in [4.78, 5) is 27.1. The van der Waals surface area contributed by atoms with Crippen molar-refractivity contribution in [3.8, 4) is 5.75 Å². The van der Waals surface area contributed by atoms with Crippen molar-refractivity contribution in [3.63, 3.8) is 0 Å². The van der Waals surface area contributed by atoms with Crippen LogP contribution in [-0.2, 0) is 24.7 Å². The highest BCUT2D eigenvalue weighted by Gasteiger charge is 2.32. The molecule has 0 unspecified atom stereocenters. The molecular weight excluding hydrogens is 332 g/mol.